The molecule has 1 fully saturated rings. The highest BCUT2D eigenvalue weighted by Crippen LogP contribution is 2.45. The molecule has 0 aliphatic heterocycles. The number of aromatic nitrogens is 1. The van der Waals surface area contributed by atoms with E-state index in [0.29, 0.717) is 5.92 Å². The van der Waals surface area contributed by atoms with E-state index in [9.17, 15) is 0 Å². The first-order valence-electron chi connectivity index (χ1n) is 6.23. The Morgan fingerprint density at radius 3 is 2.47 bits per heavy atom. The Labute approximate surface area is 102 Å². The molecule has 3 rings (SSSR count). The molecule has 0 amide bonds. The number of rotatable bonds is 2. The van der Waals surface area contributed by atoms with Crippen LogP contribution in [-0.2, 0) is 0 Å². The van der Waals surface area contributed by atoms with Gasteiger partial charge in [0.1, 0.15) is 0 Å². The van der Waals surface area contributed by atoms with Crippen molar-refractivity contribution in [1.29, 1.82) is 0 Å². The number of hydrogen-bond acceptors (Lipinski definition) is 1. The van der Waals surface area contributed by atoms with Crippen LogP contribution in [-0.4, -0.2) is 4.98 Å². The Morgan fingerprint density at radius 2 is 1.88 bits per heavy atom. The molecule has 0 saturated heterocycles. The summed E-state index contributed by atoms with van der Waals surface area (Å²) in [5.74, 6) is 0.708. The van der Waals surface area contributed by atoms with Crippen molar-refractivity contribution in [3.8, 4) is 0 Å². The zero-order chi connectivity index (χ0) is 12.0. The zero-order valence-electron chi connectivity index (χ0n) is 10.5. The predicted molar refractivity (Wildman–Crippen MR) is 73.2 cm³/mol. The molecule has 0 N–H and O–H groups in total. The van der Waals surface area contributed by atoms with Gasteiger partial charge >= 0.3 is 0 Å². The summed E-state index contributed by atoms with van der Waals surface area (Å²) in [6, 6.07) is 8.61. The number of fused-ring (bicyclic) bond motifs is 1. The summed E-state index contributed by atoms with van der Waals surface area (Å²) in [6.45, 7) is 8.23. The van der Waals surface area contributed by atoms with E-state index in [-0.39, 0.29) is 0 Å². The molecular formula is C16H17N. The van der Waals surface area contributed by atoms with Crippen LogP contribution in [0.25, 0.3) is 16.3 Å². The molecule has 2 aromatic rings. The Kier molecular flexibility index (Phi) is 2.29. The third kappa shape index (κ3) is 1.66. The third-order valence-electron chi connectivity index (χ3n) is 3.53. The van der Waals surface area contributed by atoms with Gasteiger partial charge in [-0.15, -0.1) is 0 Å². The molecule has 1 aromatic heterocycles. The lowest BCUT2D eigenvalue weighted by Gasteiger charge is -2.13. The fourth-order valence-electron chi connectivity index (χ4n) is 2.56. The SMILES string of the molecule is C=C(C)c1nc(C)c2ccccc2c1C1CC1. The Morgan fingerprint density at radius 1 is 1.24 bits per heavy atom. The minimum absolute atomic E-state index is 0.708. The van der Waals surface area contributed by atoms with Gasteiger partial charge in [0.25, 0.3) is 0 Å². The molecule has 0 unspecified atom stereocenters. The zero-order valence-corrected chi connectivity index (χ0v) is 10.5. The molecule has 1 heteroatoms. The lowest BCUT2D eigenvalue weighted by Crippen LogP contribution is -1.98. The minimum Gasteiger partial charge on any atom is -0.253 e. The maximum absolute atomic E-state index is 4.76. The van der Waals surface area contributed by atoms with E-state index in [1.807, 2.05) is 0 Å². The summed E-state index contributed by atoms with van der Waals surface area (Å²) in [7, 11) is 0. The molecule has 0 atom stereocenters. The third-order valence-corrected chi connectivity index (χ3v) is 3.53. The number of nitrogens with zero attached hydrogens (tertiary/aromatic N) is 1. The Balaban J connectivity index is 2.41. The van der Waals surface area contributed by atoms with Crippen molar-refractivity contribution in [1.82, 2.24) is 4.98 Å². The number of allylic oxidation sites excluding steroid dienone is 1. The van der Waals surface area contributed by atoms with Crippen LogP contribution in [0.3, 0.4) is 0 Å². The highest BCUT2D eigenvalue weighted by Gasteiger charge is 2.29. The molecule has 17 heavy (non-hydrogen) atoms. The van der Waals surface area contributed by atoms with Crippen LogP contribution in [0.4, 0.5) is 0 Å². The molecule has 1 saturated carbocycles. The van der Waals surface area contributed by atoms with Crippen LogP contribution in [0, 0.1) is 6.92 Å². The standard InChI is InChI=1S/C16H17N/c1-10(2)16-15(12-8-9-12)14-7-5-4-6-13(14)11(3)17-16/h4-7,12H,1,8-9H2,2-3H3. The lowest BCUT2D eigenvalue weighted by molar-refractivity contribution is 1.07. The maximum Gasteiger partial charge on any atom is 0.0697 e. The van der Waals surface area contributed by atoms with Crippen molar-refractivity contribution < 1.29 is 0 Å². The topological polar surface area (TPSA) is 12.9 Å². The van der Waals surface area contributed by atoms with E-state index in [4.69, 9.17) is 4.98 Å². The largest absolute Gasteiger partial charge is 0.253 e. The molecule has 1 aliphatic rings. The highest BCUT2D eigenvalue weighted by molar-refractivity contribution is 5.91. The first kappa shape index (κ1) is 10.5. The summed E-state index contributed by atoms with van der Waals surface area (Å²) in [5, 5.41) is 2.67. The van der Waals surface area contributed by atoms with Gasteiger partial charge in [0.05, 0.1) is 5.69 Å². The van der Waals surface area contributed by atoms with Crippen molar-refractivity contribution in [3.05, 3.63) is 47.8 Å². The van der Waals surface area contributed by atoms with Crippen molar-refractivity contribution in [2.45, 2.75) is 32.6 Å². The normalized spacial score (nSPS) is 15.2. The van der Waals surface area contributed by atoms with Crippen molar-refractivity contribution >= 4 is 16.3 Å². The predicted octanol–water partition coefficient (Wildman–Crippen LogP) is 4.45. The first-order valence-corrected chi connectivity index (χ1v) is 6.23. The molecule has 86 valence electrons. The minimum atomic E-state index is 0.708. The molecule has 0 radical (unpaired) electrons. The van der Waals surface area contributed by atoms with E-state index < -0.39 is 0 Å². The van der Waals surface area contributed by atoms with Crippen LogP contribution in [0.2, 0.25) is 0 Å². The smallest absolute Gasteiger partial charge is 0.0697 e. The summed E-state index contributed by atoms with van der Waals surface area (Å²) in [6.07, 6.45) is 2.60. The van der Waals surface area contributed by atoms with Gasteiger partial charge in [-0.3, -0.25) is 4.98 Å². The lowest BCUT2D eigenvalue weighted by atomic mass is 9.96. The van der Waals surface area contributed by atoms with Crippen molar-refractivity contribution in [2.24, 2.45) is 0 Å². The van der Waals surface area contributed by atoms with E-state index in [2.05, 4.69) is 44.7 Å². The van der Waals surface area contributed by atoms with Gasteiger partial charge in [0, 0.05) is 11.1 Å². The molecule has 1 nitrogen and oxygen atoms in total. The number of benzene rings is 1. The van der Waals surface area contributed by atoms with Crippen LogP contribution in [0.5, 0.6) is 0 Å². The Hall–Kier alpha value is -1.63. The van der Waals surface area contributed by atoms with E-state index >= 15 is 0 Å². The van der Waals surface area contributed by atoms with Gasteiger partial charge in [-0.25, -0.2) is 0 Å². The number of hydrogen-bond donors (Lipinski definition) is 0. The summed E-state index contributed by atoms with van der Waals surface area (Å²) in [4.78, 5) is 4.76. The highest BCUT2D eigenvalue weighted by atomic mass is 14.7. The first-order chi connectivity index (χ1) is 8.18. The molecule has 0 spiro atoms. The van der Waals surface area contributed by atoms with Gasteiger partial charge < -0.3 is 0 Å². The number of aryl methyl sites for hydroxylation is 1. The van der Waals surface area contributed by atoms with E-state index in [0.717, 1.165) is 17.0 Å². The second kappa shape index (κ2) is 3.69. The Bertz CT molecular complexity index is 606. The second-order valence-electron chi connectivity index (χ2n) is 5.06. The van der Waals surface area contributed by atoms with E-state index in [1.165, 1.54) is 29.2 Å². The summed E-state index contributed by atoms with van der Waals surface area (Å²) >= 11 is 0. The van der Waals surface area contributed by atoms with Crippen molar-refractivity contribution in [3.63, 3.8) is 0 Å². The number of pyridine rings is 1. The van der Waals surface area contributed by atoms with Crippen LogP contribution < -0.4 is 0 Å². The maximum atomic E-state index is 4.76. The van der Waals surface area contributed by atoms with Crippen LogP contribution >= 0.6 is 0 Å². The van der Waals surface area contributed by atoms with Crippen molar-refractivity contribution in [2.75, 3.05) is 0 Å². The average molecular weight is 223 g/mol. The molecule has 1 aliphatic carbocycles. The van der Waals surface area contributed by atoms with Crippen LogP contribution in [0.15, 0.2) is 30.8 Å². The van der Waals surface area contributed by atoms with Gasteiger partial charge in [0.2, 0.25) is 0 Å². The van der Waals surface area contributed by atoms with Gasteiger partial charge in [0.15, 0.2) is 0 Å². The summed E-state index contributed by atoms with van der Waals surface area (Å²) < 4.78 is 0. The quantitative estimate of drug-likeness (QED) is 0.732. The molecular weight excluding hydrogens is 206 g/mol. The average Bonchev–Trinajstić information content (AvgIpc) is 3.13. The molecule has 1 heterocycles. The van der Waals surface area contributed by atoms with E-state index in [1.54, 1.807) is 0 Å². The molecule has 1 aromatic carbocycles. The fraction of sp³-hybridized carbons (Fsp3) is 0.312. The van der Waals surface area contributed by atoms with Gasteiger partial charge in [-0.05, 0) is 49.1 Å². The molecule has 0 bridgehead atoms. The monoisotopic (exact) mass is 223 g/mol. The second-order valence-corrected chi connectivity index (χ2v) is 5.06. The fourth-order valence-corrected chi connectivity index (χ4v) is 2.56. The van der Waals surface area contributed by atoms with Gasteiger partial charge in [-0.2, -0.15) is 0 Å². The summed E-state index contributed by atoms with van der Waals surface area (Å²) in [5.41, 5.74) is 4.76. The van der Waals surface area contributed by atoms with Crippen LogP contribution in [0.1, 0.15) is 42.6 Å². The van der Waals surface area contributed by atoms with Gasteiger partial charge in [-0.1, -0.05) is 30.8 Å².